The second kappa shape index (κ2) is 6.65. The third kappa shape index (κ3) is 3.30. The number of rotatable bonds is 4. The maximum Gasteiger partial charge on any atom is 0.109 e. The molecular formula is C16H22Cl2O2. The van der Waals surface area contributed by atoms with Crippen molar-refractivity contribution < 1.29 is 9.84 Å². The summed E-state index contributed by atoms with van der Waals surface area (Å²) in [5.41, 5.74) is 0.137. The normalized spacial score (nSPS) is 28.4. The summed E-state index contributed by atoms with van der Waals surface area (Å²) >= 11 is 12.3. The standard InChI is InChI=1S/C16H22Cl2O2/c1-3-20-16(8-6-11(2)7-9-16)15(19)13-10-12(17)4-5-14(13)18/h4-5,10-11,15,19H,3,6-9H2,1-2H3. The molecule has 1 N–H and O–H groups in total. The molecule has 1 atom stereocenters. The highest BCUT2D eigenvalue weighted by Gasteiger charge is 2.42. The van der Waals surface area contributed by atoms with Gasteiger partial charge in [0.15, 0.2) is 0 Å². The van der Waals surface area contributed by atoms with Crippen LogP contribution in [-0.4, -0.2) is 17.3 Å². The summed E-state index contributed by atoms with van der Waals surface area (Å²) in [4.78, 5) is 0. The van der Waals surface area contributed by atoms with E-state index >= 15 is 0 Å². The molecule has 0 amide bonds. The zero-order chi connectivity index (χ0) is 14.8. The average Bonchev–Trinajstić information content (AvgIpc) is 2.44. The topological polar surface area (TPSA) is 29.5 Å². The highest BCUT2D eigenvalue weighted by atomic mass is 35.5. The Morgan fingerprint density at radius 1 is 1.35 bits per heavy atom. The van der Waals surface area contributed by atoms with E-state index in [0.717, 1.165) is 25.7 Å². The third-order valence-corrected chi connectivity index (χ3v) is 4.88. The summed E-state index contributed by atoms with van der Waals surface area (Å²) in [7, 11) is 0. The lowest BCUT2D eigenvalue weighted by atomic mass is 9.74. The fraction of sp³-hybridized carbons (Fsp3) is 0.625. The Balaban J connectivity index is 2.31. The first kappa shape index (κ1) is 16.1. The molecule has 0 radical (unpaired) electrons. The van der Waals surface area contributed by atoms with Crippen LogP contribution in [0, 0.1) is 5.92 Å². The monoisotopic (exact) mass is 316 g/mol. The van der Waals surface area contributed by atoms with Gasteiger partial charge in [0.25, 0.3) is 0 Å². The molecule has 0 bridgehead atoms. The lowest BCUT2D eigenvalue weighted by molar-refractivity contribution is -0.146. The zero-order valence-corrected chi connectivity index (χ0v) is 13.5. The molecule has 4 heteroatoms. The molecule has 0 heterocycles. The molecule has 2 nitrogen and oxygen atoms in total. The van der Waals surface area contributed by atoms with E-state index in [2.05, 4.69) is 6.92 Å². The minimum absolute atomic E-state index is 0.532. The molecule has 1 fully saturated rings. The van der Waals surface area contributed by atoms with Gasteiger partial charge < -0.3 is 9.84 Å². The molecule has 1 unspecified atom stereocenters. The van der Waals surface area contributed by atoms with E-state index in [-0.39, 0.29) is 0 Å². The van der Waals surface area contributed by atoms with Gasteiger partial charge in [0.2, 0.25) is 0 Å². The highest BCUT2D eigenvalue weighted by Crippen LogP contribution is 2.45. The Labute approximate surface area is 131 Å². The fourth-order valence-corrected chi connectivity index (χ4v) is 3.44. The highest BCUT2D eigenvalue weighted by molar-refractivity contribution is 6.33. The quantitative estimate of drug-likeness (QED) is 0.845. The van der Waals surface area contributed by atoms with E-state index in [1.807, 2.05) is 6.92 Å². The smallest absolute Gasteiger partial charge is 0.109 e. The van der Waals surface area contributed by atoms with Gasteiger partial charge in [0.05, 0.1) is 5.60 Å². The number of aliphatic hydroxyl groups excluding tert-OH is 1. The van der Waals surface area contributed by atoms with Crippen LogP contribution >= 0.6 is 23.2 Å². The zero-order valence-electron chi connectivity index (χ0n) is 12.0. The summed E-state index contributed by atoms with van der Waals surface area (Å²) in [5.74, 6) is 0.686. The largest absolute Gasteiger partial charge is 0.385 e. The van der Waals surface area contributed by atoms with Gasteiger partial charge in [-0.25, -0.2) is 0 Å². The van der Waals surface area contributed by atoms with E-state index in [1.165, 1.54) is 0 Å². The first-order valence-electron chi connectivity index (χ1n) is 7.25. The van der Waals surface area contributed by atoms with Crippen molar-refractivity contribution in [3.8, 4) is 0 Å². The van der Waals surface area contributed by atoms with Crippen molar-refractivity contribution in [3.63, 3.8) is 0 Å². The van der Waals surface area contributed by atoms with Gasteiger partial charge >= 0.3 is 0 Å². The SMILES string of the molecule is CCOC1(C(O)c2cc(Cl)ccc2Cl)CCC(C)CC1. The Morgan fingerprint density at radius 2 is 2.00 bits per heavy atom. The number of hydrogen-bond donors (Lipinski definition) is 1. The molecule has 20 heavy (non-hydrogen) atoms. The molecule has 1 saturated carbocycles. The van der Waals surface area contributed by atoms with Crippen molar-refractivity contribution in [2.24, 2.45) is 5.92 Å². The Morgan fingerprint density at radius 3 is 2.60 bits per heavy atom. The van der Waals surface area contributed by atoms with Crippen LogP contribution in [-0.2, 0) is 4.74 Å². The van der Waals surface area contributed by atoms with Crippen LogP contribution in [0.5, 0.6) is 0 Å². The molecule has 1 aliphatic rings. The third-order valence-electron chi connectivity index (χ3n) is 4.30. The molecule has 112 valence electrons. The van der Waals surface area contributed by atoms with Gasteiger partial charge in [-0.1, -0.05) is 30.1 Å². The summed E-state index contributed by atoms with van der Waals surface area (Å²) in [6.45, 7) is 4.80. The minimum atomic E-state index is -0.735. The first-order chi connectivity index (χ1) is 9.48. The van der Waals surface area contributed by atoms with Gasteiger partial charge in [-0.05, 0) is 56.7 Å². The first-order valence-corrected chi connectivity index (χ1v) is 8.01. The number of ether oxygens (including phenoxy) is 1. The number of hydrogen-bond acceptors (Lipinski definition) is 2. The second-order valence-electron chi connectivity index (χ2n) is 5.75. The molecule has 1 aromatic rings. The van der Waals surface area contributed by atoms with E-state index in [9.17, 15) is 5.11 Å². The lowest BCUT2D eigenvalue weighted by Crippen LogP contribution is -2.43. The Bertz CT molecular complexity index is 454. The van der Waals surface area contributed by atoms with E-state index in [4.69, 9.17) is 27.9 Å². The van der Waals surface area contributed by atoms with Crippen LogP contribution in [0.1, 0.15) is 51.2 Å². The van der Waals surface area contributed by atoms with Crippen molar-refractivity contribution in [2.75, 3.05) is 6.61 Å². The maximum atomic E-state index is 10.9. The molecule has 2 rings (SSSR count). The van der Waals surface area contributed by atoms with Crippen molar-refractivity contribution in [2.45, 2.75) is 51.2 Å². The Kier molecular flexibility index (Phi) is 5.36. The second-order valence-corrected chi connectivity index (χ2v) is 6.59. The molecule has 0 aliphatic heterocycles. The summed E-state index contributed by atoms with van der Waals surface area (Å²) in [5, 5.41) is 12.0. The molecule has 1 aromatic carbocycles. The van der Waals surface area contributed by atoms with Gasteiger partial charge in [-0.3, -0.25) is 0 Å². The van der Waals surface area contributed by atoms with Gasteiger partial charge in [-0.15, -0.1) is 0 Å². The predicted molar refractivity (Wildman–Crippen MR) is 83.4 cm³/mol. The number of benzene rings is 1. The van der Waals surface area contributed by atoms with Crippen molar-refractivity contribution in [1.29, 1.82) is 0 Å². The molecule has 1 aliphatic carbocycles. The van der Waals surface area contributed by atoms with E-state index in [1.54, 1.807) is 18.2 Å². The molecule has 0 aromatic heterocycles. The maximum absolute atomic E-state index is 10.9. The van der Waals surface area contributed by atoms with Crippen molar-refractivity contribution in [1.82, 2.24) is 0 Å². The van der Waals surface area contributed by atoms with Crippen molar-refractivity contribution >= 4 is 23.2 Å². The number of aliphatic hydroxyl groups is 1. The van der Waals surface area contributed by atoms with Crippen LogP contribution in [0.25, 0.3) is 0 Å². The summed E-state index contributed by atoms with van der Waals surface area (Å²) in [6, 6.07) is 5.21. The van der Waals surface area contributed by atoms with Gasteiger partial charge in [0.1, 0.15) is 6.10 Å². The summed E-state index contributed by atoms with van der Waals surface area (Å²) in [6.07, 6.45) is 3.10. The van der Waals surface area contributed by atoms with Crippen LogP contribution < -0.4 is 0 Å². The predicted octanol–water partition coefficient (Wildman–Crippen LogP) is 5.01. The van der Waals surface area contributed by atoms with Crippen LogP contribution in [0.15, 0.2) is 18.2 Å². The fourth-order valence-electron chi connectivity index (χ4n) is 3.04. The number of halogens is 2. The molecular weight excluding hydrogens is 295 g/mol. The van der Waals surface area contributed by atoms with Crippen LogP contribution in [0.4, 0.5) is 0 Å². The lowest BCUT2D eigenvalue weighted by Gasteiger charge is -2.42. The summed E-state index contributed by atoms with van der Waals surface area (Å²) < 4.78 is 5.98. The van der Waals surface area contributed by atoms with Gasteiger partial charge in [0, 0.05) is 22.2 Å². The Hall–Kier alpha value is -0.280. The van der Waals surface area contributed by atoms with Crippen molar-refractivity contribution in [3.05, 3.63) is 33.8 Å². The van der Waals surface area contributed by atoms with E-state index in [0.29, 0.717) is 28.1 Å². The van der Waals surface area contributed by atoms with E-state index < -0.39 is 11.7 Å². The van der Waals surface area contributed by atoms with Gasteiger partial charge in [-0.2, -0.15) is 0 Å². The molecule has 0 saturated heterocycles. The van der Waals surface area contributed by atoms with Crippen LogP contribution in [0.2, 0.25) is 10.0 Å². The van der Waals surface area contributed by atoms with Crippen LogP contribution in [0.3, 0.4) is 0 Å². The minimum Gasteiger partial charge on any atom is -0.385 e. The average molecular weight is 317 g/mol. The molecule has 0 spiro atoms.